The van der Waals surface area contributed by atoms with Crippen molar-refractivity contribution in [2.45, 2.75) is 77.3 Å². The molecule has 2 aromatic rings. The van der Waals surface area contributed by atoms with Gasteiger partial charge >= 0.3 is 24.0 Å². The topological polar surface area (TPSA) is 148 Å². The Balaban J connectivity index is 1.56. The van der Waals surface area contributed by atoms with E-state index in [1.54, 1.807) is 18.0 Å². The first-order valence-electron chi connectivity index (χ1n) is 12.2. The molecule has 0 radical (unpaired) electrons. The Kier molecular flexibility index (Phi) is 8.25. The minimum Gasteiger partial charge on any atom is -0.456 e. The average Bonchev–Trinajstić information content (AvgIpc) is 3.45. The van der Waals surface area contributed by atoms with Gasteiger partial charge in [-0.1, -0.05) is 35.5 Å². The SMILES string of the molecule is CC(=O)O[C@@H]1[C@@H](OC(C)=O)[C@H](C)O[C@@H](n2cc(CN3C(=O)OC[C@H]3Cc3ccccc3)nn2)[C@@H]1OC(C)=O. The summed E-state index contributed by atoms with van der Waals surface area (Å²) >= 11 is 0. The number of ether oxygens (including phenoxy) is 5. The second-order valence-corrected chi connectivity index (χ2v) is 9.19. The summed E-state index contributed by atoms with van der Waals surface area (Å²) < 4.78 is 28.9. The van der Waals surface area contributed by atoms with Gasteiger partial charge in [-0.3, -0.25) is 19.3 Å². The summed E-state index contributed by atoms with van der Waals surface area (Å²) in [5.41, 5.74) is 1.50. The third kappa shape index (κ3) is 6.28. The van der Waals surface area contributed by atoms with E-state index in [9.17, 15) is 19.2 Å². The number of rotatable bonds is 8. The lowest BCUT2D eigenvalue weighted by Gasteiger charge is -2.43. The van der Waals surface area contributed by atoms with Gasteiger partial charge in [-0.05, 0) is 18.9 Å². The molecule has 0 unspecified atom stereocenters. The number of amides is 1. The standard InChI is InChI=1S/C25H30N4O9/c1-14-21(36-15(2)30)22(37-16(3)31)23(38-17(4)32)24(35-14)29-12-19(26-27-29)11-28-20(13-34-25(28)33)10-18-8-6-5-7-9-18/h5-9,12,14,20-24H,10-11,13H2,1-4H3/t14-,20+,21-,22+,23+,24+/m0/s1. The number of cyclic esters (lactones) is 1. The third-order valence-corrected chi connectivity index (χ3v) is 6.19. The molecule has 0 aliphatic carbocycles. The van der Waals surface area contributed by atoms with Crippen molar-refractivity contribution in [3.63, 3.8) is 0 Å². The van der Waals surface area contributed by atoms with Gasteiger partial charge in [0.2, 0.25) is 0 Å². The van der Waals surface area contributed by atoms with E-state index in [-0.39, 0.29) is 19.2 Å². The van der Waals surface area contributed by atoms with Gasteiger partial charge in [-0.25, -0.2) is 9.48 Å². The summed E-state index contributed by atoms with van der Waals surface area (Å²) in [6, 6.07) is 9.57. The monoisotopic (exact) mass is 530 g/mol. The van der Waals surface area contributed by atoms with Crippen LogP contribution in [0, 0.1) is 0 Å². The minimum atomic E-state index is -1.20. The highest BCUT2D eigenvalue weighted by Crippen LogP contribution is 2.34. The van der Waals surface area contributed by atoms with Crippen molar-refractivity contribution in [1.29, 1.82) is 0 Å². The van der Waals surface area contributed by atoms with Gasteiger partial charge in [0.15, 0.2) is 24.5 Å². The predicted molar refractivity (Wildman–Crippen MR) is 127 cm³/mol. The van der Waals surface area contributed by atoms with Crippen LogP contribution in [0.2, 0.25) is 0 Å². The van der Waals surface area contributed by atoms with Crippen LogP contribution in [0.4, 0.5) is 4.79 Å². The van der Waals surface area contributed by atoms with Gasteiger partial charge in [0.25, 0.3) is 0 Å². The van der Waals surface area contributed by atoms with Crippen LogP contribution >= 0.6 is 0 Å². The van der Waals surface area contributed by atoms with E-state index in [2.05, 4.69) is 10.3 Å². The molecule has 0 spiro atoms. The first-order chi connectivity index (χ1) is 18.1. The normalized spacial score (nSPS) is 26.9. The lowest BCUT2D eigenvalue weighted by Crippen LogP contribution is -2.58. The lowest BCUT2D eigenvalue weighted by atomic mass is 9.98. The molecular weight excluding hydrogens is 500 g/mol. The number of hydrogen-bond acceptors (Lipinski definition) is 11. The molecule has 2 aliphatic rings. The molecular formula is C25H30N4O9. The zero-order chi connectivity index (χ0) is 27.4. The van der Waals surface area contributed by atoms with Crippen LogP contribution in [0.15, 0.2) is 36.5 Å². The van der Waals surface area contributed by atoms with Crippen LogP contribution < -0.4 is 0 Å². The number of aromatic nitrogens is 3. The summed E-state index contributed by atoms with van der Waals surface area (Å²) in [5, 5.41) is 8.30. The summed E-state index contributed by atoms with van der Waals surface area (Å²) in [7, 11) is 0. The number of benzene rings is 1. The molecule has 1 aromatic carbocycles. The molecule has 0 N–H and O–H groups in total. The van der Waals surface area contributed by atoms with Crippen LogP contribution in [-0.2, 0) is 51.0 Å². The molecule has 0 saturated carbocycles. The van der Waals surface area contributed by atoms with Crippen molar-refractivity contribution in [2.75, 3.05) is 6.61 Å². The minimum absolute atomic E-state index is 0.125. The summed E-state index contributed by atoms with van der Waals surface area (Å²) in [6.45, 7) is 5.61. The van der Waals surface area contributed by atoms with Crippen molar-refractivity contribution in [1.82, 2.24) is 19.9 Å². The van der Waals surface area contributed by atoms with Crippen molar-refractivity contribution in [3.05, 3.63) is 47.8 Å². The van der Waals surface area contributed by atoms with Gasteiger partial charge in [-0.2, -0.15) is 0 Å². The van der Waals surface area contributed by atoms with Crippen molar-refractivity contribution >= 4 is 24.0 Å². The Morgan fingerprint density at radius 1 is 0.974 bits per heavy atom. The highest BCUT2D eigenvalue weighted by molar-refractivity contribution is 5.70. The van der Waals surface area contributed by atoms with Gasteiger partial charge in [0.05, 0.1) is 24.9 Å². The second kappa shape index (κ2) is 11.6. The van der Waals surface area contributed by atoms with E-state index in [0.717, 1.165) is 5.56 Å². The van der Waals surface area contributed by atoms with Crippen LogP contribution in [0.5, 0.6) is 0 Å². The summed E-state index contributed by atoms with van der Waals surface area (Å²) in [5.74, 6) is -1.94. The molecule has 1 aromatic heterocycles. The Morgan fingerprint density at radius 2 is 1.61 bits per heavy atom. The zero-order valence-electron chi connectivity index (χ0n) is 21.5. The van der Waals surface area contributed by atoms with Crippen LogP contribution in [-0.4, -0.2) is 81.0 Å². The van der Waals surface area contributed by atoms with Gasteiger partial charge in [-0.15, -0.1) is 5.10 Å². The third-order valence-electron chi connectivity index (χ3n) is 6.19. The quantitative estimate of drug-likeness (QED) is 0.361. The fraction of sp³-hybridized carbons (Fsp3) is 0.520. The zero-order valence-corrected chi connectivity index (χ0v) is 21.5. The van der Waals surface area contributed by atoms with E-state index in [1.807, 2.05) is 30.3 Å². The fourth-order valence-corrected chi connectivity index (χ4v) is 4.62. The molecule has 3 heterocycles. The molecule has 13 nitrogen and oxygen atoms in total. The van der Waals surface area contributed by atoms with Crippen LogP contribution in [0.1, 0.15) is 45.2 Å². The van der Waals surface area contributed by atoms with Crippen LogP contribution in [0.3, 0.4) is 0 Å². The number of esters is 3. The number of hydrogen-bond donors (Lipinski definition) is 0. The highest BCUT2D eigenvalue weighted by Gasteiger charge is 2.51. The largest absolute Gasteiger partial charge is 0.456 e. The first kappa shape index (κ1) is 27.0. The number of carbonyl (C=O) groups excluding carboxylic acids is 4. The Labute approximate surface area is 218 Å². The van der Waals surface area contributed by atoms with Gasteiger partial charge in [0.1, 0.15) is 12.3 Å². The molecule has 0 bridgehead atoms. The average molecular weight is 531 g/mol. The second-order valence-electron chi connectivity index (χ2n) is 9.19. The molecule has 2 aliphatic heterocycles. The van der Waals surface area contributed by atoms with Crippen molar-refractivity contribution < 1.29 is 42.9 Å². The Hall–Kier alpha value is -4.00. The molecule has 1 amide bonds. The molecule has 38 heavy (non-hydrogen) atoms. The fourth-order valence-electron chi connectivity index (χ4n) is 4.62. The smallest absolute Gasteiger partial charge is 0.410 e. The lowest BCUT2D eigenvalue weighted by molar-refractivity contribution is -0.261. The van der Waals surface area contributed by atoms with E-state index < -0.39 is 54.6 Å². The van der Waals surface area contributed by atoms with E-state index in [0.29, 0.717) is 12.1 Å². The maximum Gasteiger partial charge on any atom is 0.410 e. The molecule has 4 rings (SSSR count). The van der Waals surface area contributed by atoms with Crippen molar-refractivity contribution in [2.24, 2.45) is 0 Å². The maximum absolute atomic E-state index is 12.5. The van der Waals surface area contributed by atoms with Gasteiger partial charge in [0, 0.05) is 20.8 Å². The van der Waals surface area contributed by atoms with E-state index >= 15 is 0 Å². The molecule has 6 atom stereocenters. The molecule has 13 heteroatoms. The number of carbonyl (C=O) groups is 4. The van der Waals surface area contributed by atoms with Crippen molar-refractivity contribution in [3.8, 4) is 0 Å². The summed E-state index contributed by atoms with van der Waals surface area (Å²) in [6.07, 6.45) is -3.50. The Morgan fingerprint density at radius 3 is 2.26 bits per heavy atom. The molecule has 204 valence electrons. The summed E-state index contributed by atoms with van der Waals surface area (Å²) in [4.78, 5) is 49.6. The molecule has 2 saturated heterocycles. The number of nitrogens with zero attached hydrogens (tertiary/aromatic N) is 4. The van der Waals surface area contributed by atoms with E-state index in [1.165, 1.54) is 25.5 Å². The Bertz CT molecular complexity index is 1170. The first-order valence-corrected chi connectivity index (χ1v) is 12.2. The van der Waals surface area contributed by atoms with Gasteiger partial charge < -0.3 is 23.7 Å². The van der Waals surface area contributed by atoms with Crippen LogP contribution in [0.25, 0.3) is 0 Å². The highest BCUT2D eigenvalue weighted by atomic mass is 16.7. The predicted octanol–water partition coefficient (Wildman–Crippen LogP) is 1.55. The van der Waals surface area contributed by atoms with E-state index in [4.69, 9.17) is 23.7 Å². The molecule has 2 fully saturated rings. The maximum atomic E-state index is 12.5.